The molecule has 2 aliphatic rings. The summed E-state index contributed by atoms with van der Waals surface area (Å²) >= 11 is 0. The summed E-state index contributed by atoms with van der Waals surface area (Å²) in [4.78, 5) is 21.6. The third-order valence-corrected chi connectivity index (χ3v) is 5.70. The summed E-state index contributed by atoms with van der Waals surface area (Å²) in [7, 11) is 0. The van der Waals surface area contributed by atoms with Crippen molar-refractivity contribution in [1.29, 1.82) is 0 Å². The Morgan fingerprint density at radius 3 is 2.46 bits per heavy atom. The summed E-state index contributed by atoms with van der Waals surface area (Å²) in [5.41, 5.74) is 3.13. The summed E-state index contributed by atoms with van der Waals surface area (Å²) in [5.74, 6) is 0.759. The number of aromatic nitrogens is 1. The minimum absolute atomic E-state index is 0.0872. The van der Waals surface area contributed by atoms with E-state index in [2.05, 4.69) is 40.2 Å². The van der Waals surface area contributed by atoms with Crippen LogP contribution in [0.5, 0.6) is 0 Å². The second kappa shape index (κ2) is 7.90. The second-order valence-electron chi connectivity index (χ2n) is 7.52. The Morgan fingerprint density at radius 1 is 1.00 bits per heavy atom. The molecule has 0 N–H and O–H groups in total. The van der Waals surface area contributed by atoms with Gasteiger partial charge in [0, 0.05) is 38.1 Å². The minimum atomic E-state index is 0.0872. The maximum Gasteiger partial charge on any atom is 0.272 e. The summed E-state index contributed by atoms with van der Waals surface area (Å²) in [5, 5.41) is 0. The Kier molecular flexibility index (Phi) is 5.19. The first-order valence-corrected chi connectivity index (χ1v) is 9.84. The van der Waals surface area contributed by atoms with E-state index in [-0.39, 0.29) is 5.91 Å². The second-order valence-corrected chi connectivity index (χ2v) is 7.52. The van der Waals surface area contributed by atoms with E-state index in [1.807, 2.05) is 17.0 Å². The average molecular weight is 349 g/mol. The number of hydrogen-bond donors (Lipinski definition) is 0. The molecule has 26 heavy (non-hydrogen) atoms. The maximum absolute atomic E-state index is 12.9. The summed E-state index contributed by atoms with van der Waals surface area (Å²) in [6, 6.07) is 14.7. The standard InChI is InChI=1S/C22H27N3O/c26-22(21-17-20(8-11-23-21)24-12-4-5-13-24)25-14-9-19(10-15-25)16-18-6-2-1-3-7-18/h1-3,6-8,11,17,19H,4-5,9-10,12-16H2. The molecule has 2 saturated heterocycles. The lowest BCUT2D eigenvalue weighted by atomic mass is 9.90. The Hall–Kier alpha value is -2.36. The highest BCUT2D eigenvalue weighted by Crippen LogP contribution is 2.24. The Morgan fingerprint density at radius 2 is 1.73 bits per heavy atom. The molecule has 0 atom stereocenters. The predicted octanol–water partition coefficient (Wildman–Crippen LogP) is 3.78. The Bertz CT molecular complexity index is 732. The van der Waals surface area contributed by atoms with E-state index in [1.54, 1.807) is 6.20 Å². The number of likely N-dealkylation sites (tertiary alicyclic amines) is 1. The lowest BCUT2D eigenvalue weighted by Gasteiger charge is -2.32. The SMILES string of the molecule is O=C(c1cc(N2CCCC2)ccn1)N1CCC(Cc2ccccc2)CC1. The van der Waals surface area contributed by atoms with Gasteiger partial charge in [-0.2, -0.15) is 0 Å². The third kappa shape index (κ3) is 3.90. The van der Waals surface area contributed by atoms with Crippen molar-refractivity contribution in [1.82, 2.24) is 9.88 Å². The van der Waals surface area contributed by atoms with Crippen molar-refractivity contribution >= 4 is 11.6 Å². The average Bonchev–Trinajstić information content (AvgIpc) is 3.24. The van der Waals surface area contributed by atoms with Crippen LogP contribution in [0.15, 0.2) is 48.7 Å². The molecule has 2 fully saturated rings. The lowest BCUT2D eigenvalue weighted by molar-refractivity contribution is 0.0684. The first-order valence-electron chi connectivity index (χ1n) is 9.84. The van der Waals surface area contributed by atoms with Gasteiger partial charge in [-0.1, -0.05) is 30.3 Å². The minimum Gasteiger partial charge on any atom is -0.371 e. The van der Waals surface area contributed by atoms with Gasteiger partial charge in [-0.05, 0) is 55.7 Å². The number of benzene rings is 1. The van der Waals surface area contributed by atoms with Crippen LogP contribution in [0.25, 0.3) is 0 Å². The Balaban J connectivity index is 1.35. The van der Waals surface area contributed by atoms with Crippen molar-refractivity contribution in [2.75, 3.05) is 31.1 Å². The van der Waals surface area contributed by atoms with E-state index in [0.717, 1.165) is 51.1 Å². The molecule has 2 aliphatic heterocycles. The number of hydrogen-bond acceptors (Lipinski definition) is 3. The van der Waals surface area contributed by atoms with E-state index < -0.39 is 0 Å². The zero-order valence-corrected chi connectivity index (χ0v) is 15.3. The van der Waals surface area contributed by atoms with Crippen LogP contribution >= 0.6 is 0 Å². The first kappa shape index (κ1) is 17.1. The molecule has 4 rings (SSSR count). The third-order valence-electron chi connectivity index (χ3n) is 5.70. The first-order chi connectivity index (χ1) is 12.8. The molecular formula is C22H27N3O. The molecule has 3 heterocycles. The zero-order valence-electron chi connectivity index (χ0n) is 15.3. The van der Waals surface area contributed by atoms with Gasteiger partial charge in [0.1, 0.15) is 5.69 Å². The van der Waals surface area contributed by atoms with Crippen LogP contribution in [0, 0.1) is 5.92 Å². The molecule has 1 aromatic carbocycles. The van der Waals surface area contributed by atoms with Crippen molar-refractivity contribution in [3.8, 4) is 0 Å². The van der Waals surface area contributed by atoms with Crippen molar-refractivity contribution in [2.24, 2.45) is 5.92 Å². The van der Waals surface area contributed by atoms with Gasteiger partial charge in [-0.15, -0.1) is 0 Å². The van der Waals surface area contributed by atoms with Crippen LogP contribution < -0.4 is 4.90 Å². The van der Waals surface area contributed by atoms with Crippen molar-refractivity contribution < 1.29 is 4.79 Å². The smallest absolute Gasteiger partial charge is 0.272 e. The summed E-state index contributed by atoms with van der Waals surface area (Å²) in [6.45, 7) is 3.85. The number of nitrogens with zero attached hydrogens (tertiary/aromatic N) is 3. The fraction of sp³-hybridized carbons (Fsp3) is 0.455. The number of piperidine rings is 1. The van der Waals surface area contributed by atoms with Crippen LogP contribution in [-0.4, -0.2) is 42.0 Å². The van der Waals surface area contributed by atoms with Gasteiger partial charge in [0.2, 0.25) is 0 Å². The normalized spacial score (nSPS) is 18.3. The van der Waals surface area contributed by atoms with Gasteiger partial charge >= 0.3 is 0 Å². The largest absolute Gasteiger partial charge is 0.371 e. The van der Waals surface area contributed by atoms with Crippen LogP contribution in [0.1, 0.15) is 41.7 Å². The highest BCUT2D eigenvalue weighted by atomic mass is 16.2. The Labute approximate surface area is 155 Å². The van der Waals surface area contributed by atoms with Gasteiger partial charge < -0.3 is 9.80 Å². The van der Waals surface area contributed by atoms with E-state index in [9.17, 15) is 4.79 Å². The van der Waals surface area contributed by atoms with Crippen molar-refractivity contribution in [2.45, 2.75) is 32.1 Å². The van der Waals surface area contributed by atoms with Crippen LogP contribution in [0.2, 0.25) is 0 Å². The molecular weight excluding hydrogens is 322 g/mol. The van der Waals surface area contributed by atoms with Crippen molar-refractivity contribution in [3.05, 3.63) is 59.9 Å². The van der Waals surface area contributed by atoms with Gasteiger partial charge in [-0.3, -0.25) is 9.78 Å². The molecule has 0 spiro atoms. The number of anilines is 1. The molecule has 0 bridgehead atoms. The van der Waals surface area contributed by atoms with E-state index in [0.29, 0.717) is 11.6 Å². The van der Waals surface area contributed by atoms with Crippen molar-refractivity contribution in [3.63, 3.8) is 0 Å². The fourth-order valence-electron chi connectivity index (χ4n) is 4.16. The fourth-order valence-corrected chi connectivity index (χ4v) is 4.16. The van der Waals surface area contributed by atoms with Gasteiger partial charge in [-0.25, -0.2) is 0 Å². The number of carbonyl (C=O) groups is 1. The van der Waals surface area contributed by atoms with E-state index >= 15 is 0 Å². The highest BCUT2D eigenvalue weighted by molar-refractivity contribution is 5.93. The van der Waals surface area contributed by atoms with Crippen LogP contribution in [-0.2, 0) is 6.42 Å². The molecule has 4 heteroatoms. The number of carbonyl (C=O) groups excluding carboxylic acids is 1. The predicted molar refractivity (Wildman–Crippen MR) is 104 cm³/mol. The molecule has 2 aromatic rings. The van der Waals surface area contributed by atoms with E-state index in [1.165, 1.54) is 18.4 Å². The highest BCUT2D eigenvalue weighted by Gasteiger charge is 2.25. The topological polar surface area (TPSA) is 36.4 Å². The molecule has 1 aromatic heterocycles. The molecule has 0 aliphatic carbocycles. The molecule has 0 radical (unpaired) electrons. The molecule has 0 unspecified atom stereocenters. The zero-order chi connectivity index (χ0) is 17.8. The van der Waals surface area contributed by atoms with Gasteiger partial charge in [0.25, 0.3) is 5.91 Å². The number of amides is 1. The quantitative estimate of drug-likeness (QED) is 0.843. The molecule has 136 valence electrons. The van der Waals surface area contributed by atoms with E-state index in [4.69, 9.17) is 0 Å². The number of pyridine rings is 1. The van der Waals surface area contributed by atoms with Gasteiger partial charge in [0.15, 0.2) is 0 Å². The molecule has 0 saturated carbocycles. The molecule has 4 nitrogen and oxygen atoms in total. The van der Waals surface area contributed by atoms with Gasteiger partial charge in [0.05, 0.1) is 0 Å². The maximum atomic E-state index is 12.9. The summed E-state index contributed by atoms with van der Waals surface area (Å²) in [6.07, 6.45) is 7.52. The van der Waals surface area contributed by atoms with Crippen LogP contribution in [0.4, 0.5) is 5.69 Å². The van der Waals surface area contributed by atoms with Crippen LogP contribution in [0.3, 0.4) is 0 Å². The molecule has 1 amide bonds. The monoisotopic (exact) mass is 349 g/mol. The summed E-state index contributed by atoms with van der Waals surface area (Å²) < 4.78 is 0. The number of rotatable bonds is 4. The lowest BCUT2D eigenvalue weighted by Crippen LogP contribution is -2.39.